The van der Waals surface area contributed by atoms with E-state index in [1.54, 1.807) is 6.07 Å². The molecule has 2 N–H and O–H groups in total. The summed E-state index contributed by atoms with van der Waals surface area (Å²) in [5.41, 5.74) is 0.332. The Labute approximate surface area is 149 Å². The average Bonchev–Trinajstić information content (AvgIpc) is 2.86. The number of aromatic nitrogens is 1. The lowest BCUT2D eigenvalue weighted by Gasteiger charge is -2.30. The van der Waals surface area contributed by atoms with Gasteiger partial charge in [-0.25, -0.2) is 0 Å². The fourth-order valence-electron chi connectivity index (χ4n) is 3.73. The van der Waals surface area contributed by atoms with Gasteiger partial charge in [-0.1, -0.05) is 20.3 Å². The maximum Gasteiger partial charge on any atom is 0.253 e. The van der Waals surface area contributed by atoms with Gasteiger partial charge in [0.1, 0.15) is 0 Å². The molecule has 134 valence electrons. The van der Waals surface area contributed by atoms with Crippen molar-refractivity contribution >= 4 is 18.3 Å². The molecule has 0 spiro atoms. The topological polar surface area (TPSA) is 65.2 Å². The molecule has 1 aromatic heterocycles. The zero-order valence-electron chi connectivity index (χ0n) is 14.5. The van der Waals surface area contributed by atoms with E-state index in [0.29, 0.717) is 17.4 Å². The summed E-state index contributed by atoms with van der Waals surface area (Å²) in [6.07, 6.45) is 5.58. The van der Waals surface area contributed by atoms with Crippen molar-refractivity contribution in [2.45, 2.75) is 39.2 Å². The molecule has 2 aliphatic rings. The molecular formula is C18H28ClN3O2. The molecule has 0 radical (unpaired) electrons. The fourth-order valence-corrected chi connectivity index (χ4v) is 3.73. The molecule has 1 saturated carbocycles. The summed E-state index contributed by atoms with van der Waals surface area (Å²) in [7, 11) is 0. The van der Waals surface area contributed by atoms with Crippen molar-refractivity contribution in [2.24, 2.45) is 17.8 Å². The van der Waals surface area contributed by atoms with Gasteiger partial charge in [-0.3, -0.25) is 9.59 Å². The average molecular weight is 354 g/mol. The van der Waals surface area contributed by atoms with Crippen LogP contribution in [0.25, 0.3) is 0 Å². The van der Waals surface area contributed by atoms with Crippen LogP contribution in [-0.4, -0.2) is 41.5 Å². The first-order chi connectivity index (χ1) is 11.0. The lowest BCUT2D eigenvalue weighted by molar-refractivity contribution is 0.0924. The molecule has 0 bridgehead atoms. The minimum absolute atomic E-state index is 0. The predicted molar refractivity (Wildman–Crippen MR) is 97.7 cm³/mol. The largest absolute Gasteiger partial charge is 0.348 e. The van der Waals surface area contributed by atoms with Crippen LogP contribution in [0.3, 0.4) is 0 Å². The van der Waals surface area contributed by atoms with Crippen LogP contribution in [0.15, 0.2) is 23.1 Å². The number of amides is 1. The van der Waals surface area contributed by atoms with Crippen molar-refractivity contribution in [2.75, 3.05) is 19.6 Å². The SMILES string of the molecule is CC(C)[C@H]1CN(CC2CCC2)C[C@@H]1NC(=O)c1ccc(=O)[nH]c1.Cl. The number of hydrogen-bond donors (Lipinski definition) is 2. The number of carbonyl (C=O) groups is 1. The monoisotopic (exact) mass is 353 g/mol. The normalized spacial score (nSPS) is 24.5. The maximum absolute atomic E-state index is 12.4. The Balaban J connectivity index is 0.00000208. The van der Waals surface area contributed by atoms with Crippen molar-refractivity contribution in [1.29, 1.82) is 0 Å². The summed E-state index contributed by atoms with van der Waals surface area (Å²) >= 11 is 0. The van der Waals surface area contributed by atoms with Crippen LogP contribution >= 0.6 is 12.4 Å². The lowest BCUT2D eigenvalue weighted by Crippen LogP contribution is -2.42. The zero-order valence-corrected chi connectivity index (χ0v) is 15.3. The Morgan fingerprint density at radius 3 is 2.62 bits per heavy atom. The van der Waals surface area contributed by atoms with Crippen LogP contribution in [0.4, 0.5) is 0 Å². The predicted octanol–water partition coefficient (Wildman–Crippen LogP) is 2.28. The zero-order chi connectivity index (χ0) is 16.4. The first-order valence-electron chi connectivity index (χ1n) is 8.75. The summed E-state index contributed by atoms with van der Waals surface area (Å²) < 4.78 is 0. The van der Waals surface area contributed by atoms with Gasteiger partial charge >= 0.3 is 0 Å². The van der Waals surface area contributed by atoms with Gasteiger partial charge < -0.3 is 15.2 Å². The number of rotatable bonds is 5. The number of pyridine rings is 1. The molecule has 2 fully saturated rings. The highest BCUT2D eigenvalue weighted by Crippen LogP contribution is 2.31. The molecule has 1 saturated heterocycles. The molecule has 3 rings (SSSR count). The van der Waals surface area contributed by atoms with Gasteiger partial charge in [0, 0.05) is 37.9 Å². The number of likely N-dealkylation sites (tertiary alicyclic amines) is 1. The smallest absolute Gasteiger partial charge is 0.253 e. The Morgan fingerprint density at radius 1 is 1.33 bits per heavy atom. The van der Waals surface area contributed by atoms with Crippen molar-refractivity contribution in [3.63, 3.8) is 0 Å². The second kappa shape index (κ2) is 8.17. The summed E-state index contributed by atoms with van der Waals surface area (Å²) in [5, 5.41) is 3.18. The highest BCUT2D eigenvalue weighted by molar-refractivity contribution is 5.94. The van der Waals surface area contributed by atoms with Crippen molar-refractivity contribution in [3.8, 4) is 0 Å². The maximum atomic E-state index is 12.4. The minimum Gasteiger partial charge on any atom is -0.348 e. The molecule has 0 aromatic carbocycles. The third-order valence-electron chi connectivity index (χ3n) is 5.40. The molecule has 2 atom stereocenters. The van der Waals surface area contributed by atoms with E-state index >= 15 is 0 Å². The summed E-state index contributed by atoms with van der Waals surface area (Å²) in [6, 6.07) is 3.17. The molecule has 24 heavy (non-hydrogen) atoms. The Morgan fingerprint density at radius 2 is 2.08 bits per heavy atom. The molecule has 1 aliphatic heterocycles. The number of carbonyl (C=O) groups excluding carboxylic acids is 1. The molecule has 6 heteroatoms. The molecule has 1 aromatic rings. The number of hydrogen-bond acceptors (Lipinski definition) is 3. The van der Waals surface area contributed by atoms with Crippen molar-refractivity contribution in [3.05, 3.63) is 34.2 Å². The van der Waals surface area contributed by atoms with Gasteiger partial charge in [0.05, 0.1) is 5.56 Å². The summed E-state index contributed by atoms with van der Waals surface area (Å²) in [4.78, 5) is 28.6. The molecular weight excluding hydrogens is 326 g/mol. The summed E-state index contributed by atoms with van der Waals surface area (Å²) in [5.74, 6) is 1.79. The fraction of sp³-hybridized carbons (Fsp3) is 0.667. The van der Waals surface area contributed by atoms with Crippen LogP contribution in [0, 0.1) is 17.8 Å². The van der Waals surface area contributed by atoms with Gasteiger partial charge in [0.15, 0.2) is 0 Å². The third kappa shape index (κ3) is 4.39. The van der Waals surface area contributed by atoms with E-state index in [2.05, 4.69) is 29.0 Å². The Hall–Kier alpha value is -1.33. The highest BCUT2D eigenvalue weighted by atomic mass is 35.5. The van der Waals surface area contributed by atoms with Crippen molar-refractivity contribution < 1.29 is 4.79 Å². The van der Waals surface area contributed by atoms with E-state index in [1.807, 2.05) is 0 Å². The first-order valence-corrected chi connectivity index (χ1v) is 8.75. The van der Waals surface area contributed by atoms with Crippen LogP contribution in [0.1, 0.15) is 43.5 Å². The van der Waals surface area contributed by atoms with Gasteiger partial charge in [0.25, 0.3) is 5.91 Å². The van der Waals surface area contributed by atoms with Gasteiger partial charge in [0.2, 0.25) is 5.56 Å². The number of nitrogens with zero attached hydrogens (tertiary/aromatic N) is 1. The second-order valence-electron chi connectivity index (χ2n) is 7.44. The van der Waals surface area contributed by atoms with Gasteiger partial charge in [-0.05, 0) is 36.7 Å². The number of nitrogens with one attached hydrogen (secondary N) is 2. The van der Waals surface area contributed by atoms with Crippen LogP contribution in [0.2, 0.25) is 0 Å². The van der Waals surface area contributed by atoms with E-state index < -0.39 is 0 Å². The third-order valence-corrected chi connectivity index (χ3v) is 5.40. The van der Waals surface area contributed by atoms with Crippen LogP contribution in [-0.2, 0) is 0 Å². The number of aromatic amines is 1. The van der Waals surface area contributed by atoms with Crippen LogP contribution in [0.5, 0.6) is 0 Å². The molecule has 1 amide bonds. The van der Waals surface area contributed by atoms with Gasteiger partial charge in [-0.2, -0.15) is 0 Å². The summed E-state index contributed by atoms with van der Waals surface area (Å²) in [6.45, 7) is 7.65. The van der Waals surface area contributed by atoms with E-state index in [4.69, 9.17) is 0 Å². The van der Waals surface area contributed by atoms with Gasteiger partial charge in [-0.15, -0.1) is 12.4 Å². The lowest BCUT2D eigenvalue weighted by atomic mass is 9.85. The molecule has 0 unspecified atom stereocenters. The number of H-pyrrole nitrogens is 1. The highest BCUT2D eigenvalue weighted by Gasteiger charge is 2.36. The van der Waals surface area contributed by atoms with Crippen molar-refractivity contribution in [1.82, 2.24) is 15.2 Å². The minimum atomic E-state index is -0.186. The van der Waals surface area contributed by atoms with Crippen LogP contribution < -0.4 is 10.9 Å². The van der Waals surface area contributed by atoms with E-state index in [0.717, 1.165) is 19.0 Å². The van der Waals surface area contributed by atoms with E-state index in [1.165, 1.54) is 38.1 Å². The molecule has 1 aliphatic carbocycles. The second-order valence-corrected chi connectivity index (χ2v) is 7.44. The number of halogens is 1. The molecule has 5 nitrogen and oxygen atoms in total. The van der Waals surface area contributed by atoms with E-state index in [-0.39, 0.29) is 29.9 Å². The standard InChI is InChI=1S/C18H27N3O2.ClH/c1-12(2)15-10-21(9-13-4-3-5-13)11-16(15)20-18(23)14-6-7-17(22)19-8-14;/h6-8,12-13,15-16H,3-5,9-11H2,1-2H3,(H,19,22)(H,20,23);1H/t15-,16+;/m1./s1. The molecule has 2 heterocycles. The quantitative estimate of drug-likeness (QED) is 0.853. The Kier molecular flexibility index (Phi) is 6.47. The van der Waals surface area contributed by atoms with E-state index in [9.17, 15) is 9.59 Å². The first kappa shape index (κ1) is 19.0. The Bertz CT molecular complexity index is 592.